The lowest BCUT2D eigenvalue weighted by Gasteiger charge is -2.20. The molecule has 0 aromatic heterocycles. The van der Waals surface area contributed by atoms with E-state index in [-0.39, 0.29) is 12.2 Å². The third-order valence-electron chi connectivity index (χ3n) is 4.90. The Bertz CT molecular complexity index is 1090. The summed E-state index contributed by atoms with van der Waals surface area (Å²) in [6.07, 6.45) is 0. The van der Waals surface area contributed by atoms with Gasteiger partial charge in [-0.05, 0) is 30.3 Å². The van der Waals surface area contributed by atoms with Crippen LogP contribution in [0.2, 0.25) is 0 Å². The number of nitrogens with zero attached hydrogens (tertiary/aromatic N) is 4. The molecule has 10 nitrogen and oxygen atoms in total. The normalized spacial score (nSPS) is 19.6. The summed E-state index contributed by atoms with van der Waals surface area (Å²) in [7, 11) is 2.92. The number of amides is 3. The minimum absolute atomic E-state index is 0.262. The molecule has 3 amide bonds. The van der Waals surface area contributed by atoms with Crippen LogP contribution in [-0.2, 0) is 14.4 Å². The molecule has 2 aromatic carbocycles. The first-order valence-corrected chi connectivity index (χ1v) is 9.25. The standard InChI is InChI=1S/C20H18FN5O5/c1-30-14-7-6-13(9-15(14)31-2)26-19(28)17-18(20(26)29)25(24-23-17)10-16(27)22-12-5-3-4-11(21)8-12/h3-9,17-18H,10H2,1-2H3,(H,22,27)/t17-,18-/m0/s1. The van der Waals surface area contributed by atoms with Gasteiger partial charge in [0.1, 0.15) is 12.4 Å². The molecule has 0 unspecified atom stereocenters. The number of hydrogen-bond acceptors (Lipinski definition) is 8. The van der Waals surface area contributed by atoms with Gasteiger partial charge in [0.2, 0.25) is 5.91 Å². The van der Waals surface area contributed by atoms with Crippen molar-refractivity contribution >= 4 is 29.1 Å². The zero-order valence-electron chi connectivity index (χ0n) is 16.6. The molecule has 11 heteroatoms. The van der Waals surface area contributed by atoms with Gasteiger partial charge in [0.25, 0.3) is 11.8 Å². The van der Waals surface area contributed by atoms with E-state index in [1.165, 1.54) is 38.5 Å². The highest BCUT2D eigenvalue weighted by Crippen LogP contribution is 2.36. The van der Waals surface area contributed by atoms with Crippen LogP contribution in [0.25, 0.3) is 0 Å². The highest BCUT2D eigenvalue weighted by molar-refractivity contribution is 6.25. The maximum Gasteiger partial charge on any atom is 0.263 e. The fraction of sp³-hybridized carbons (Fsp3) is 0.250. The molecule has 0 bridgehead atoms. The smallest absolute Gasteiger partial charge is 0.263 e. The Labute approximate surface area is 176 Å². The topological polar surface area (TPSA) is 113 Å². The first kappa shape index (κ1) is 20.3. The largest absolute Gasteiger partial charge is 0.493 e. The zero-order chi connectivity index (χ0) is 22.1. The van der Waals surface area contributed by atoms with Crippen molar-refractivity contribution in [3.63, 3.8) is 0 Å². The molecular formula is C20H18FN5O5. The Morgan fingerprint density at radius 3 is 2.58 bits per heavy atom. The van der Waals surface area contributed by atoms with Crippen molar-refractivity contribution in [3.8, 4) is 11.5 Å². The molecular weight excluding hydrogens is 409 g/mol. The number of halogens is 1. The van der Waals surface area contributed by atoms with Crippen LogP contribution in [0, 0.1) is 5.82 Å². The van der Waals surface area contributed by atoms with Gasteiger partial charge in [-0.25, -0.2) is 9.29 Å². The van der Waals surface area contributed by atoms with Crippen LogP contribution in [0.15, 0.2) is 52.8 Å². The van der Waals surface area contributed by atoms with E-state index in [1.54, 1.807) is 12.1 Å². The number of methoxy groups -OCH3 is 2. The number of imide groups is 1. The maximum absolute atomic E-state index is 13.3. The van der Waals surface area contributed by atoms with E-state index in [0.717, 1.165) is 16.0 Å². The predicted octanol–water partition coefficient (Wildman–Crippen LogP) is 1.77. The number of anilines is 2. The molecule has 31 heavy (non-hydrogen) atoms. The van der Waals surface area contributed by atoms with Gasteiger partial charge >= 0.3 is 0 Å². The van der Waals surface area contributed by atoms with Crippen molar-refractivity contribution in [1.29, 1.82) is 0 Å². The third-order valence-corrected chi connectivity index (χ3v) is 4.90. The van der Waals surface area contributed by atoms with E-state index in [1.807, 2.05) is 0 Å². The summed E-state index contributed by atoms with van der Waals surface area (Å²) in [5, 5.41) is 11.4. The number of fused-ring (bicyclic) bond motifs is 1. The molecule has 0 radical (unpaired) electrons. The maximum atomic E-state index is 13.3. The van der Waals surface area contributed by atoms with Crippen molar-refractivity contribution in [3.05, 3.63) is 48.3 Å². The average molecular weight is 427 g/mol. The van der Waals surface area contributed by atoms with Crippen LogP contribution in [0.3, 0.4) is 0 Å². The second-order valence-electron chi connectivity index (χ2n) is 6.80. The van der Waals surface area contributed by atoms with Gasteiger partial charge in [0.05, 0.1) is 19.9 Å². The Balaban J connectivity index is 1.51. The summed E-state index contributed by atoms with van der Waals surface area (Å²) in [6.45, 7) is -0.333. The molecule has 0 saturated carbocycles. The van der Waals surface area contributed by atoms with Crippen LogP contribution in [0.4, 0.5) is 15.8 Å². The molecule has 0 spiro atoms. The summed E-state index contributed by atoms with van der Waals surface area (Å²) >= 11 is 0. The third kappa shape index (κ3) is 3.65. The van der Waals surface area contributed by atoms with Gasteiger partial charge in [0, 0.05) is 11.8 Å². The molecule has 1 N–H and O–H groups in total. The van der Waals surface area contributed by atoms with Gasteiger partial charge < -0.3 is 14.8 Å². The minimum Gasteiger partial charge on any atom is -0.493 e. The number of rotatable bonds is 6. The molecule has 2 atom stereocenters. The second kappa shape index (κ2) is 8.01. The zero-order valence-corrected chi connectivity index (χ0v) is 16.6. The van der Waals surface area contributed by atoms with Crippen molar-refractivity contribution in [1.82, 2.24) is 5.01 Å². The predicted molar refractivity (Wildman–Crippen MR) is 106 cm³/mol. The highest BCUT2D eigenvalue weighted by atomic mass is 19.1. The van der Waals surface area contributed by atoms with Gasteiger partial charge in [-0.3, -0.25) is 19.4 Å². The van der Waals surface area contributed by atoms with Gasteiger partial charge in [-0.15, -0.1) is 0 Å². The van der Waals surface area contributed by atoms with E-state index in [4.69, 9.17) is 9.47 Å². The van der Waals surface area contributed by atoms with Crippen molar-refractivity contribution in [2.24, 2.45) is 10.3 Å². The molecule has 4 rings (SSSR count). The van der Waals surface area contributed by atoms with Gasteiger partial charge in [-0.2, -0.15) is 5.11 Å². The average Bonchev–Trinajstić information content (AvgIpc) is 3.27. The van der Waals surface area contributed by atoms with Gasteiger partial charge in [-0.1, -0.05) is 11.3 Å². The molecule has 160 valence electrons. The molecule has 2 aromatic rings. The lowest BCUT2D eigenvalue weighted by atomic mass is 10.1. The number of hydrogen-bond donors (Lipinski definition) is 1. The number of carbonyl (C=O) groups excluding carboxylic acids is 3. The van der Waals surface area contributed by atoms with Crippen molar-refractivity contribution in [2.75, 3.05) is 31.0 Å². The highest BCUT2D eigenvalue weighted by Gasteiger charge is 2.55. The number of carbonyl (C=O) groups is 3. The number of nitrogens with one attached hydrogen (secondary N) is 1. The van der Waals surface area contributed by atoms with E-state index < -0.39 is 35.6 Å². The Morgan fingerprint density at radius 1 is 1.10 bits per heavy atom. The van der Waals surface area contributed by atoms with Crippen LogP contribution in [0.1, 0.15) is 0 Å². The van der Waals surface area contributed by atoms with Crippen LogP contribution < -0.4 is 19.7 Å². The number of ether oxygens (including phenoxy) is 2. The first-order chi connectivity index (χ1) is 14.9. The summed E-state index contributed by atoms with van der Waals surface area (Å²) in [4.78, 5) is 39.2. The van der Waals surface area contributed by atoms with Crippen molar-refractivity contribution in [2.45, 2.75) is 12.1 Å². The number of benzene rings is 2. The van der Waals surface area contributed by atoms with E-state index in [0.29, 0.717) is 17.2 Å². The lowest BCUT2D eigenvalue weighted by Crippen LogP contribution is -2.43. The quantitative estimate of drug-likeness (QED) is 0.703. The molecule has 2 aliphatic heterocycles. The summed E-state index contributed by atoms with van der Waals surface area (Å²) in [6, 6.07) is 7.94. The first-order valence-electron chi connectivity index (χ1n) is 9.25. The summed E-state index contributed by atoms with van der Waals surface area (Å²) in [5.74, 6) is -1.35. The SMILES string of the molecule is COc1ccc(N2C(=O)[C@H]3N=NN(CC(=O)Nc4cccc(F)c4)[C@@H]3C2=O)cc1OC. The Morgan fingerprint density at radius 2 is 1.87 bits per heavy atom. The molecule has 2 heterocycles. The monoisotopic (exact) mass is 427 g/mol. The molecule has 2 aliphatic rings. The van der Waals surface area contributed by atoms with Crippen LogP contribution >= 0.6 is 0 Å². The lowest BCUT2D eigenvalue weighted by molar-refractivity contribution is -0.123. The fourth-order valence-electron chi connectivity index (χ4n) is 3.49. The van der Waals surface area contributed by atoms with Gasteiger partial charge in [0.15, 0.2) is 23.6 Å². The fourth-order valence-corrected chi connectivity index (χ4v) is 3.49. The molecule has 1 fully saturated rings. The van der Waals surface area contributed by atoms with E-state index in [2.05, 4.69) is 15.7 Å². The second-order valence-corrected chi connectivity index (χ2v) is 6.80. The van der Waals surface area contributed by atoms with Crippen LogP contribution in [-0.4, -0.2) is 55.6 Å². The Hall–Kier alpha value is -4.02. The minimum atomic E-state index is -1.05. The molecule has 1 saturated heterocycles. The van der Waals surface area contributed by atoms with E-state index >= 15 is 0 Å². The summed E-state index contributed by atoms with van der Waals surface area (Å²) < 4.78 is 23.7. The summed E-state index contributed by atoms with van der Waals surface area (Å²) in [5.41, 5.74) is 0.555. The molecule has 0 aliphatic carbocycles. The van der Waals surface area contributed by atoms with Crippen LogP contribution in [0.5, 0.6) is 11.5 Å². The Kier molecular flexibility index (Phi) is 5.24. The van der Waals surface area contributed by atoms with Crippen molar-refractivity contribution < 1.29 is 28.2 Å². The van der Waals surface area contributed by atoms with E-state index in [9.17, 15) is 18.8 Å².